The van der Waals surface area contributed by atoms with Crippen LogP contribution >= 0.6 is 15.9 Å². The van der Waals surface area contributed by atoms with Gasteiger partial charge in [-0.15, -0.1) is 0 Å². The molecule has 1 saturated heterocycles. The van der Waals surface area contributed by atoms with Gasteiger partial charge in [0.15, 0.2) is 0 Å². The third-order valence-corrected chi connectivity index (χ3v) is 6.41. The van der Waals surface area contributed by atoms with Gasteiger partial charge in [-0.1, -0.05) is 6.92 Å². The van der Waals surface area contributed by atoms with E-state index in [0.29, 0.717) is 6.07 Å². The van der Waals surface area contributed by atoms with E-state index >= 15 is 0 Å². The van der Waals surface area contributed by atoms with Crippen molar-refractivity contribution in [2.75, 3.05) is 19.6 Å². The molecule has 1 aliphatic heterocycles. The molecule has 0 aromatic heterocycles. The van der Waals surface area contributed by atoms with Crippen LogP contribution in [0.25, 0.3) is 0 Å². The summed E-state index contributed by atoms with van der Waals surface area (Å²) in [5.74, 6) is -1.90. The minimum Gasteiger partial charge on any atom is -0.313 e. The fourth-order valence-corrected chi connectivity index (χ4v) is 5.07. The summed E-state index contributed by atoms with van der Waals surface area (Å²) in [5, 5.41) is 3.21. The molecule has 0 saturated carbocycles. The van der Waals surface area contributed by atoms with Gasteiger partial charge in [-0.25, -0.2) is 17.2 Å². The zero-order valence-electron chi connectivity index (χ0n) is 11.6. The molecule has 0 amide bonds. The number of nitrogens with one attached hydrogen (secondary N) is 1. The van der Waals surface area contributed by atoms with E-state index in [1.54, 1.807) is 6.92 Å². The first-order valence-corrected chi connectivity index (χ1v) is 8.97. The van der Waals surface area contributed by atoms with Gasteiger partial charge in [0.25, 0.3) is 0 Å². The van der Waals surface area contributed by atoms with Crippen LogP contribution in [0.2, 0.25) is 0 Å². The summed E-state index contributed by atoms with van der Waals surface area (Å²) in [6.07, 6.45) is 1.88. The molecule has 1 aromatic rings. The van der Waals surface area contributed by atoms with E-state index in [2.05, 4.69) is 21.2 Å². The molecular formula is C13H17BrF2N2O2S. The van der Waals surface area contributed by atoms with Gasteiger partial charge >= 0.3 is 0 Å². The van der Waals surface area contributed by atoms with E-state index in [-0.39, 0.29) is 23.6 Å². The molecule has 1 atom stereocenters. The quantitative estimate of drug-likeness (QED) is 0.850. The van der Waals surface area contributed by atoms with Crippen molar-refractivity contribution in [1.82, 2.24) is 9.62 Å². The molecule has 8 heteroatoms. The summed E-state index contributed by atoms with van der Waals surface area (Å²) in [4.78, 5) is -0.510. The van der Waals surface area contributed by atoms with E-state index in [4.69, 9.17) is 0 Å². The number of hydrogen-bond donors (Lipinski definition) is 1. The molecule has 1 N–H and O–H groups in total. The first kappa shape index (κ1) is 16.8. The Morgan fingerprint density at radius 1 is 1.43 bits per heavy atom. The lowest BCUT2D eigenvalue weighted by Gasteiger charge is -2.24. The van der Waals surface area contributed by atoms with E-state index in [1.807, 2.05) is 0 Å². The van der Waals surface area contributed by atoms with E-state index < -0.39 is 26.6 Å². The van der Waals surface area contributed by atoms with Crippen LogP contribution in [0.3, 0.4) is 0 Å². The molecular weight excluding hydrogens is 366 g/mol. The summed E-state index contributed by atoms with van der Waals surface area (Å²) < 4.78 is 53.4. The zero-order chi connectivity index (χ0) is 15.6. The molecule has 118 valence electrons. The lowest BCUT2D eigenvalue weighted by molar-refractivity contribution is 0.380. The molecule has 0 radical (unpaired) electrons. The average Bonchev–Trinajstić information content (AvgIpc) is 2.86. The summed E-state index contributed by atoms with van der Waals surface area (Å²) >= 11 is 2.94. The van der Waals surface area contributed by atoms with Crippen molar-refractivity contribution in [3.63, 3.8) is 0 Å². The number of nitrogens with zero attached hydrogens (tertiary/aromatic N) is 1. The molecule has 1 aromatic carbocycles. The van der Waals surface area contributed by atoms with Gasteiger partial charge < -0.3 is 5.32 Å². The molecule has 0 bridgehead atoms. The maximum atomic E-state index is 13.9. The first-order chi connectivity index (χ1) is 9.86. The molecule has 1 aliphatic rings. The third kappa shape index (κ3) is 3.61. The Morgan fingerprint density at radius 3 is 2.67 bits per heavy atom. The fourth-order valence-electron chi connectivity index (χ4n) is 2.46. The lowest BCUT2D eigenvalue weighted by Crippen LogP contribution is -2.41. The predicted molar refractivity (Wildman–Crippen MR) is 79.5 cm³/mol. The highest BCUT2D eigenvalue weighted by Gasteiger charge is 2.31. The molecule has 1 unspecified atom stereocenters. The highest BCUT2D eigenvalue weighted by Crippen LogP contribution is 2.29. The van der Waals surface area contributed by atoms with Crippen molar-refractivity contribution < 1.29 is 17.2 Å². The van der Waals surface area contributed by atoms with Gasteiger partial charge in [0, 0.05) is 29.7 Å². The van der Waals surface area contributed by atoms with E-state index in [9.17, 15) is 17.2 Å². The second kappa shape index (κ2) is 6.68. The van der Waals surface area contributed by atoms with Crippen LogP contribution in [-0.4, -0.2) is 38.4 Å². The minimum absolute atomic E-state index is 0.0713. The number of rotatable bonds is 5. The molecule has 1 fully saturated rings. The average molecular weight is 383 g/mol. The van der Waals surface area contributed by atoms with Crippen LogP contribution in [0, 0.1) is 11.6 Å². The Labute approximate surface area is 131 Å². The fraction of sp³-hybridized carbons (Fsp3) is 0.538. The van der Waals surface area contributed by atoms with Crippen LogP contribution < -0.4 is 5.32 Å². The lowest BCUT2D eigenvalue weighted by atomic mass is 10.2. The third-order valence-electron chi connectivity index (χ3n) is 3.50. The van der Waals surface area contributed by atoms with Gasteiger partial charge in [-0.05, 0) is 41.4 Å². The van der Waals surface area contributed by atoms with Crippen LogP contribution in [0.5, 0.6) is 0 Å². The minimum atomic E-state index is -4.01. The number of sulfonamides is 1. The van der Waals surface area contributed by atoms with Crippen LogP contribution in [0.15, 0.2) is 21.5 Å². The number of benzene rings is 1. The summed E-state index contributed by atoms with van der Waals surface area (Å²) in [5.41, 5.74) is 0. The monoisotopic (exact) mass is 382 g/mol. The van der Waals surface area contributed by atoms with Crippen LogP contribution in [-0.2, 0) is 10.0 Å². The van der Waals surface area contributed by atoms with Crippen molar-refractivity contribution in [3.05, 3.63) is 28.2 Å². The Morgan fingerprint density at radius 2 is 2.14 bits per heavy atom. The standard InChI is InChI=1S/C13H17BrF2N2O2S/c1-2-18(8-10-4-3-5-17-10)21(19,20)13-11(14)6-9(15)7-12(13)16/h6-7,10,17H,2-5,8H2,1H3. The molecule has 21 heavy (non-hydrogen) atoms. The number of halogens is 3. The molecule has 1 heterocycles. The van der Waals surface area contributed by atoms with Crippen molar-refractivity contribution in [2.24, 2.45) is 0 Å². The van der Waals surface area contributed by atoms with Crippen molar-refractivity contribution in [1.29, 1.82) is 0 Å². The van der Waals surface area contributed by atoms with Crippen LogP contribution in [0.1, 0.15) is 19.8 Å². The van der Waals surface area contributed by atoms with Gasteiger partial charge in [-0.2, -0.15) is 4.31 Å². The van der Waals surface area contributed by atoms with Gasteiger partial charge in [0.1, 0.15) is 16.5 Å². The van der Waals surface area contributed by atoms with Gasteiger partial charge in [0.2, 0.25) is 10.0 Å². The summed E-state index contributed by atoms with van der Waals surface area (Å²) in [6, 6.07) is 1.61. The topological polar surface area (TPSA) is 49.4 Å². The highest BCUT2D eigenvalue weighted by molar-refractivity contribution is 9.10. The maximum absolute atomic E-state index is 13.9. The van der Waals surface area contributed by atoms with E-state index in [0.717, 1.165) is 25.5 Å². The SMILES string of the molecule is CCN(CC1CCCN1)S(=O)(=O)c1c(F)cc(F)cc1Br. The second-order valence-electron chi connectivity index (χ2n) is 4.95. The smallest absolute Gasteiger partial charge is 0.247 e. The Balaban J connectivity index is 2.35. The van der Waals surface area contributed by atoms with Crippen molar-refractivity contribution in [3.8, 4) is 0 Å². The summed E-state index contributed by atoms with van der Waals surface area (Å²) in [6.45, 7) is 3.06. The molecule has 4 nitrogen and oxygen atoms in total. The maximum Gasteiger partial charge on any atom is 0.247 e. The van der Waals surface area contributed by atoms with E-state index in [1.165, 1.54) is 4.31 Å². The zero-order valence-corrected chi connectivity index (χ0v) is 14.0. The normalized spacial score (nSPS) is 19.4. The van der Waals surface area contributed by atoms with Crippen LogP contribution in [0.4, 0.5) is 8.78 Å². The summed E-state index contributed by atoms with van der Waals surface area (Å²) in [7, 11) is -4.01. The number of likely N-dealkylation sites (N-methyl/N-ethyl adjacent to an activating group) is 1. The second-order valence-corrected chi connectivity index (χ2v) is 7.68. The molecule has 0 aliphatic carbocycles. The predicted octanol–water partition coefficient (Wildman–Crippen LogP) is 2.49. The van der Waals surface area contributed by atoms with Crippen molar-refractivity contribution >= 4 is 26.0 Å². The van der Waals surface area contributed by atoms with Gasteiger partial charge in [-0.3, -0.25) is 0 Å². The Hall–Kier alpha value is -0.570. The van der Waals surface area contributed by atoms with Gasteiger partial charge in [0.05, 0.1) is 0 Å². The van der Waals surface area contributed by atoms with Crippen molar-refractivity contribution in [2.45, 2.75) is 30.7 Å². The first-order valence-electron chi connectivity index (χ1n) is 6.74. The molecule has 2 rings (SSSR count). The Kier molecular flexibility index (Phi) is 5.34. The molecule has 0 spiro atoms. The highest BCUT2D eigenvalue weighted by atomic mass is 79.9. The Bertz CT molecular complexity index is 596. The number of hydrogen-bond acceptors (Lipinski definition) is 3. The largest absolute Gasteiger partial charge is 0.313 e.